The lowest BCUT2D eigenvalue weighted by molar-refractivity contribution is -0.117. The smallest absolute Gasteiger partial charge is 0.275 e. The maximum absolute atomic E-state index is 12.9. The summed E-state index contributed by atoms with van der Waals surface area (Å²) in [7, 11) is 0. The lowest BCUT2D eigenvalue weighted by Gasteiger charge is -2.11. The molecule has 1 N–H and O–H groups in total. The third kappa shape index (κ3) is 4.33. The second-order valence-electron chi connectivity index (χ2n) is 6.55. The van der Waals surface area contributed by atoms with Gasteiger partial charge in [-0.15, -0.1) is 0 Å². The predicted octanol–water partition coefficient (Wildman–Crippen LogP) is 3.67. The molecule has 144 valence electrons. The predicted molar refractivity (Wildman–Crippen MR) is 113 cm³/mol. The minimum Gasteiger partial charge on any atom is -0.324 e. The lowest BCUT2D eigenvalue weighted by atomic mass is 10.1. The summed E-state index contributed by atoms with van der Waals surface area (Å²) in [4.78, 5) is 29.5. The molecule has 0 saturated carbocycles. The molecule has 0 unspecified atom stereocenters. The van der Waals surface area contributed by atoms with E-state index in [1.165, 1.54) is 4.68 Å². The average Bonchev–Trinajstić information content (AvgIpc) is 2.74. The van der Waals surface area contributed by atoms with Crippen molar-refractivity contribution in [3.8, 4) is 0 Å². The van der Waals surface area contributed by atoms with Gasteiger partial charge in [-0.1, -0.05) is 35.9 Å². The summed E-state index contributed by atoms with van der Waals surface area (Å²) in [6.07, 6.45) is 3.98. The van der Waals surface area contributed by atoms with Gasteiger partial charge in [-0.2, -0.15) is 5.10 Å². The Morgan fingerprint density at radius 2 is 1.76 bits per heavy atom. The molecule has 2 aromatic carbocycles. The number of carbonyl (C=O) groups is 1. The van der Waals surface area contributed by atoms with Crippen molar-refractivity contribution in [2.24, 2.45) is 0 Å². The molecule has 2 aromatic heterocycles. The minimum atomic E-state index is -0.343. The second kappa shape index (κ2) is 8.24. The zero-order valence-electron chi connectivity index (χ0n) is 15.4. The second-order valence-corrected chi connectivity index (χ2v) is 6.98. The standard InChI is InChI=1S/C22H17ClN4O2/c23-16-7-9-17(10-8-16)25-21(28)14-27-22(29)19-6-2-1-5-18(19)20(26-27)12-15-4-3-11-24-13-15/h1-11,13H,12,14H2,(H,25,28). The zero-order chi connectivity index (χ0) is 20.2. The van der Waals surface area contributed by atoms with Crippen LogP contribution in [0.2, 0.25) is 5.02 Å². The quantitative estimate of drug-likeness (QED) is 0.550. The Morgan fingerprint density at radius 1 is 1.00 bits per heavy atom. The normalized spacial score (nSPS) is 10.8. The van der Waals surface area contributed by atoms with Crippen LogP contribution in [0.4, 0.5) is 5.69 Å². The number of amides is 1. The van der Waals surface area contributed by atoms with E-state index >= 15 is 0 Å². The van der Waals surface area contributed by atoms with Gasteiger partial charge in [-0.3, -0.25) is 14.6 Å². The Hall–Kier alpha value is -3.51. The molecule has 7 heteroatoms. The van der Waals surface area contributed by atoms with E-state index in [4.69, 9.17) is 11.6 Å². The van der Waals surface area contributed by atoms with Crippen molar-refractivity contribution >= 4 is 34.0 Å². The molecular formula is C22H17ClN4O2. The van der Waals surface area contributed by atoms with Crippen molar-refractivity contribution in [3.63, 3.8) is 0 Å². The van der Waals surface area contributed by atoms with E-state index in [0.29, 0.717) is 28.2 Å². The molecule has 0 radical (unpaired) electrons. The van der Waals surface area contributed by atoms with Gasteiger partial charge >= 0.3 is 0 Å². The summed E-state index contributed by atoms with van der Waals surface area (Å²) >= 11 is 5.87. The molecule has 0 atom stereocenters. The fraction of sp³-hybridized carbons (Fsp3) is 0.0909. The van der Waals surface area contributed by atoms with Gasteiger partial charge in [0.15, 0.2) is 0 Å². The lowest BCUT2D eigenvalue weighted by Crippen LogP contribution is -2.30. The van der Waals surface area contributed by atoms with E-state index in [0.717, 1.165) is 10.9 Å². The number of aromatic nitrogens is 3. The Bertz CT molecular complexity index is 1220. The van der Waals surface area contributed by atoms with Crippen LogP contribution in [0, 0.1) is 0 Å². The number of nitrogens with one attached hydrogen (secondary N) is 1. The number of rotatable bonds is 5. The summed E-state index contributed by atoms with van der Waals surface area (Å²) < 4.78 is 1.21. The number of pyridine rings is 1. The summed E-state index contributed by atoms with van der Waals surface area (Å²) in [5.41, 5.74) is 1.99. The first-order valence-electron chi connectivity index (χ1n) is 9.03. The Kier molecular flexibility index (Phi) is 5.35. The van der Waals surface area contributed by atoms with Crippen molar-refractivity contribution in [2.45, 2.75) is 13.0 Å². The topological polar surface area (TPSA) is 76.9 Å². The molecule has 0 bridgehead atoms. The van der Waals surface area contributed by atoms with E-state index in [2.05, 4.69) is 15.4 Å². The maximum atomic E-state index is 12.9. The molecule has 0 saturated heterocycles. The molecule has 4 aromatic rings. The summed E-state index contributed by atoms with van der Waals surface area (Å²) in [6, 6.07) is 17.9. The van der Waals surface area contributed by atoms with Crippen LogP contribution in [-0.2, 0) is 17.8 Å². The highest BCUT2D eigenvalue weighted by Crippen LogP contribution is 2.17. The number of anilines is 1. The molecule has 0 fully saturated rings. The van der Waals surface area contributed by atoms with Crippen LogP contribution in [0.1, 0.15) is 11.3 Å². The summed E-state index contributed by atoms with van der Waals surface area (Å²) in [5.74, 6) is -0.343. The van der Waals surface area contributed by atoms with E-state index in [1.807, 2.05) is 24.3 Å². The van der Waals surface area contributed by atoms with E-state index in [9.17, 15) is 9.59 Å². The van der Waals surface area contributed by atoms with Crippen molar-refractivity contribution in [1.29, 1.82) is 0 Å². The zero-order valence-corrected chi connectivity index (χ0v) is 16.1. The van der Waals surface area contributed by atoms with Gasteiger partial charge in [0.25, 0.3) is 5.56 Å². The summed E-state index contributed by atoms with van der Waals surface area (Å²) in [6.45, 7) is -0.188. The number of nitrogens with zero attached hydrogens (tertiary/aromatic N) is 3. The highest BCUT2D eigenvalue weighted by molar-refractivity contribution is 6.30. The number of benzene rings is 2. The van der Waals surface area contributed by atoms with Gasteiger partial charge in [0.2, 0.25) is 5.91 Å². The number of halogens is 1. The molecule has 1 amide bonds. The SMILES string of the molecule is O=C(Cn1nc(Cc2cccnc2)c2ccccc2c1=O)Nc1ccc(Cl)cc1. The van der Waals surface area contributed by atoms with Crippen molar-refractivity contribution in [2.75, 3.05) is 5.32 Å². The van der Waals surface area contributed by atoms with Crippen LogP contribution in [0.3, 0.4) is 0 Å². The average molecular weight is 405 g/mol. The molecule has 0 aliphatic heterocycles. The third-order valence-electron chi connectivity index (χ3n) is 4.46. The third-order valence-corrected chi connectivity index (χ3v) is 4.71. The van der Waals surface area contributed by atoms with Crippen LogP contribution in [-0.4, -0.2) is 20.7 Å². The first-order chi connectivity index (χ1) is 14.1. The summed E-state index contributed by atoms with van der Waals surface area (Å²) in [5, 5.41) is 9.12. The Balaban J connectivity index is 1.66. The minimum absolute atomic E-state index is 0.188. The maximum Gasteiger partial charge on any atom is 0.275 e. The monoisotopic (exact) mass is 404 g/mol. The van der Waals surface area contributed by atoms with Gasteiger partial charge in [0.05, 0.1) is 11.1 Å². The van der Waals surface area contributed by atoms with E-state index in [-0.39, 0.29) is 18.0 Å². The molecular weight excluding hydrogens is 388 g/mol. The van der Waals surface area contributed by atoms with Gasteiger partial charge in [0, 0.05) is 34.9 Å². The van der Waals surface area contributed by atoms with Crippen molar-refractivity contribution in [1.82, 2.24) is 14.8 Å². The molecule has 4 rings (SSSR count). The van der Waals surface area contributed by atoms with Crippen LogP contribution in [0.5, 0.6) is 0 Å². The Morgan fingerprint density at radius 3 is 2.48 bits per heavy atom. The van der Waals surface area contributed by atoms with E-state index < -0.39 is 0 Å². The van der Waals surface area contributed by atoms with Crippen molar-refractivity contribution < 1.29 is 4.79 Å². The van der Waals surface area contributed by atoms with Crippen LogP contribution in [0.25, 0.3) is 10.8 Å². The fourth-order valence-electron chi connectivity index (χ4n) is 3.11. The van der Waals surface area contributed by atoms with Gasteiger partial charge in [-0.05, 0) is 42.0 Å². The fourth-order valence-corrected chi connectivity index (χ4v) is 3.23. The van der Waals surface area contributed by atoms with Crippen LogP contribution >= 0.6 is 11.6 Å². The largest absolute Gasteiger partial charge is 0.324 e. The van der Waals surface area contributed by atoms with Gasteiger partial charge in [0.1, 0.15) is 6.54 Å². The first-order valence-corrected chi connectivity index (χ1v) is 9.41. The number of carbonyl (C=O) groups excluding carboxylic acids is 1. The number of hydrogen-bond donors (Lipinski definition) is 1. The van der Waals surface area contributed by atoms with Crippen LogP contribution in [0.15, 0.2) is 77.9 Å². The molecule has 6 nitrogen and oxygen atoms in total. The Labute approximate surface area is 171 Å². The molecule has 0 aliphatic carbocycles. The highest BCUT2D eigenvalue weighted by atomic mass is 35.5. The molecule has 0 aliphatic rings. The van der Waals surface area contributed by atoms with Gasteiger partial charge < -0.3 is 5.32 Å². The number of hydrogen-bond acceptors (Lipinski definition) is 4. The van der Waals surface area contributed by atoms with E-state index in [1.54, 1.807) is 48.8 Å². The molecule has 29 heavy (non-hydrogen) atoms. The first kappa shape index (κ1) is 18.8. The van der Waals surface area contributed by atoms with Crippen molar-refractivity contribution in [3.05, 3.63) is 99.7 Å². The highest BCUT2D eigenvalue weighted by Gasteiger charge is 2.13. The number of fused-ring (bicyclic) bond motifs is 1. The molecule has 2 heterocycles. The molecule has 0 spiro atoms. The van der Waals surface area contributed by atoms with Crippen LogP contribution < -0.4 is 10.9 Å². The van der Waals surface area contributed by atoms with Gasteiger partial charge in [-0.25, -0.2) is 4.68 Å².